The van der Waals surface area contributed by atoms with Crippen LogP contribution in [0.2, 0.25) is 0 Å². The molecule has 2 N–H and O–H groups in total. The number of hydrogen-bond acceptors (Lipinski definition) is 3. The predicted octanol–water partition coefficient (Wildman–Crippen LogP) is 2.14. The van der Waals surface area contributed by atoms with Crippen LogP contribution in [-0.2, 0) is 6.42 Å². The minimum Gasteiger partial charge on any atom is -0.356 e. The van der Waals surface area contributed by atoms with E-state index in [1.807, 2.05) is 19.1 Å². The van der Waals surface area contributed by atoms with E-state index in [0.717, 1.165) is 17.4 Å². The fourth-order valence-electron chi connectivity index (χ4n) is 1.40. The molecule has 0 bridgehead atoms. The molecule has 1 heterocycles. The minimum atomic E-state index is 0. The van der Waals surface area contributed by atoms with Crippen molar-refractivity contribution in [2.45, 2.75) is 19.4 Å². The highest BCUT2D eigenvalue weighted by Gasteiger charge is 2.01. The molecule has 1 aromatic carbocycles. The van der Waals surface area contributed by atoms with Crippen molar-refractivity contribution in [1.29, 1.82) is 0 Å². The van der Waals surface area contributed by atoms with Crippen molar-refractivity contribution in [2.75, 3.05) is 0 Å². The van der Waals surface area contributed by atoms with Crippen molar-refractivity contribution in [3.63, 3.8) is 0 Å². The molecular weight excluding hydrogens is 200 g/mol. The Labute approximate surface area is 88.7 Å². The molecule has 2 rings (SSSR count). The SMILES string of the molecule is CC(N)Cc1ccc2cnoc2c1.Cl. The summed E-state index contributed by atoms with van der Waals surface area (Å²) in [5.41, 5.74) is 7.72. The van der Waals surface area contributed by atoms with Gasteiger partial charge in [-0.25, -0.2) is 0 Å². The second-order valence-corrected chi connectivity index (χ2v) is 3.38. The summed E-state index contributed by atoms with van der Waals surface area (Å²) in [6.07, 6.45) is 2.58. The molecule has 0 aliphatic carbocycles. The number of nitrogens with two attached hydrogens (primary N) is 1. The van der Waals surface area contributed by atoms with Crippen molar-refractivity contribution >= 4 is 23.4 Å². The van der Waals surface area contributed by atoms with E-state index in [1.165, 1.54) is 5.56 Å². The van der Waals surface area contributed by atoms with Crippen LogP contribution < -0.4 is 5.73 Å². The van der Waals surface area contributed by atoms with Gasteiger partial charge in [0, 0.05) is 11.4 Å². The fraction of sp³-hybridized carbons (Fsp3) is 0.300. The van der Waals surface area contributed by atoms with E-state index in [9.17, 15) is 0 Å². The molecule has 1 unspecified atom stereocenters. The lowest BCUT2D eigenvalue weighted by Gasteiger charge is -2.03. The van der Waals surface area contributed by atoms with Crippen LogP contribution in [0.15, 0.2) is 28.9 Å². The van der Waals surface area contributed by atoms with Crippen molar-refractivity contribution in [3.05, 3.63) is 30.0 Å². The van der Waals surface area contributed by atoms with Gasteiger partial charge in [-0.05, 0) is 31.0 Å². The molecule has 14 heavy (non-hydrogen) atoms. The minimum absolute atomic E-state index is 0. The molecular formula is C10H13ClN2O. The van der Waals surface area contributed by atoms with Gasteiger partial charge in [0.2, 0.25) is 0 Å². The van der Waals surface area contributed by atoms with Gasteiger partial charge in [0.15, 0.2) is 5.58 Å². The first kappa shape index (κ1) is 11.0. The Morgan fingerprint density at radius 2 is 2.29 bits per heavy atom. The van der Waals surface area contributed by atoms with Crippen molar-refractivity contribution in [3.8, 4) is 0 Å². The van der Waals surface area contributed by atoms with Gasteiger partial charge in [-0.3, -0.25) is 0 Å². The molecule has 0 aliphatic heterocycles. The van der Waals surface area contributed by atoms with E-state index < -0.39 is 0 Å². The zero-order valence-corrected chi connectivity index (χ0v) is 8.75. The molecule has 76 valence electrons. The summed E-state index contributed by atoms with van der Waals surface area (Å²) in [5, 5.41) is 4.75. The van der Waals surface area contributed by atoms with Crippen LogP contribution in [0.25, 0.3) is 11.0 Å². The van der Waals surface area contributed by atoms with Gasteiger partial charge in [0.1, 0.15) is 0 Å². The second-order valence-electron chi connectivity index (χ2n) is 3.38. The van der Waals surface area contributed by atoms with Gasteiger partial charge in [0.25, 0.3) is 0 Å². The molecule has 0 radical (unpaired) electrons. The Morgan fingerprint density at radius 3 is 3.00 bits per heavy atom. The zero-order valence-electron chi connectivity index (χ0n) is 7.93. The van der Waals surface area contributed by atoms with Gasteiger partial charge in [-0.1, -0.05) is 11.2 Å². The Morgan fingerprint density at radius 1 is 1.50 bits per heavy atom. The summed E-state index contributed by atoms with van der Waals surface area (Å²) in [6, 6.07) is 6.23. The fourth-order valence-corrected chi connectivity index (χ4v) is 1.40. The van der Waals surface area contributed by atoms with E-state index in [1.54, 1.807) is 6.20 Å². The molecule has 4 heteroatoms. The maximum atomic E-state index is 5.70. The standard InChI is InChI=1S/C10H12N2O.ClH/c1-7(11)4-8-2-3-9-6-12-13-10(9)5-8;/h2-3,5-7H,4,11H2,1H3;1H. The molecule has 0 spiro atoms. The van der Waals surface area contributed by atoms with Crippen molar-refractivity contribution in [2.24, 2.45) is 5.73 Å². The third-order valence-electron chi connectivity index (χ3n) is 1.98. The average molecular weight is 213 g/mol. The Bertz CT molecular complexity index is 411. The third-order valence-corrected chi connectivity index (χ3v) is 1.98. The highest BCUT2D eigenvalue weighted by molar-refractivity contribution is 5.85. The summed E-state index contributed by atoms with van der Waals surface area (Å²) in [5.74, 6) is 0. The lowest BCUT2D eigenvalue weighted by atomic mass is 10.1. The lowest BCUT2D eigenvalue weighted by molar-refractivity contribution is 0.456. The highest BCUT2D eigenvalue weighted by Crippen LogP contribution is 2.15. The molecule has 0 aliphatic rings. The van der Waals surface area contributed by atoms with E-state index in [2.05, 4.69) is 11.2 Å². The summed E-state index contributed by atoms with van der Waals surface area (Å²) in [4.78, 5) is 0. The van der Waals surface area contributed by atoms with Crippen LogP contribution >= 0.6 is 12.4 Å². The van der Waals surface area contributed by atoms with Crippen LogP contribution in [-0.4, -0.2) is 11.2 Å². The number of fused-ring (bicyclic) bond motifs is 1. The summed E-state index contributed by atoms with van der Waals surface area (Å²) >= 11 is 0. The highest BCUT2D eigenvalue weighted by atomic mass is 35.5. The number of benzene rings is 1. The molecule has 0 fully saturated rings. The summed E-state index contributed by atoms with van der Waals surface area (Å²) in [6.45, 7) is 1.99. The number of rotatable bonds is 2. The van der Waals surface area contributed by atoms with Crippen LogP contribution in [0.5, 0.6) is 0 Å². The van der Waals surface area contributed by atoms with E-state index in [4.69, 9.17) is 10.3 Å². The average Bonchev–Trinajstić information content (AvgIpc) is 2.49. The van der Waals surface area contributed by atoms with Gasteiger partial charge in [-0.15, -0.1) is 12.4 Å². The van der Waals surface area contributed by atoms with E-state index in [0.29, 0.717) is 0 Å². The largest absolute Gasteiger partial charge is 0.356 e. The van der Waals surface area contributed by atoms with Crippen LogP contribution in [0, 0.1) is 0 Å². The van der Waals surface area contributed by atoms with Gasteiger partial charge in [-0.2, -0.15) is 0 Å². The third kappa shape index (κ3) is 2.25. The Kier molecular flexibility index (Phi) is 3.49. The first-order chi connectivity index (χ1) is 6.25. The number of halogens is 1. The first-order valence-electron chi connectivity index (χ1n) is 4.34. The van der Waals surface area contributed by atoms with Gasteiger partial charge >= 0.3 is 0 Å². The van der Waals surface area contributed by atoms with Crippen molar-refractivity contribution in [1.82, 2.24) is 5.16 Å². The van der Waals surface area contributed by atoms with Gasteiger partial charge in [0.05, 0.1) is 6.20 Å². The first-order valence-corrected chi connectivity index (χ1v) is 4.34. The Balaban J connectivity index is 0.000000980. The number of aromatic nitrogens is 1. The number of hydrogen-bond donors (Lipinski definition) is 1. The topological polar surface area (TPSA) is 52.0 Å². The molecule has 3 nitrogen and oxygen atoms in total. The van der Waals surface area contributed by atoms with Crippen LogP contribution in [0.4, 0.5) is 0 Å². The zero-order chi connectivity index (χ0) is 9.26. The monoisotopic (exact) mass is 212 g/mol. The molecule has 1 aromatic heterocycles. The normalized spacial score (nSPS) is 12.4. The molecule has 0 amide bonds. The summed E-state index contributed by atoms with van der Waals surface area (Å²) < 4.78 is 5.05. The van der Waals surface area contributed by atoms with Gasteiger partial charge < -0.3 is 10.3 Å². The Hall–Kier alpha value is -1.06. The van der Waals surface area contributed by atoms with E-state index >= 15 is 0 Å². The van der Waals surface area contributed by atoms with Crippen LogP contribution in [0.3, 0.4) is 0 Å². The second kappa shape index (κ2) is 4.44. The smallest absolute Gasteiger partial charge is 0.167 e. The molecule has 1 atom stereocenters. The molecule has 2 aromatic rings. The maximum Gasteiger partial charge on any atom is 0.167 e. The van der Waals surface area contributed by atoms with E-state index in [-0.39, 0.29) is 18.4 Å². The van der Waals surface area contributed by atoms with Crippen molar-refractivity contribution < 1.29 is 4.52 Å². The molecule has 0 saturated carbocycles. The summed E-state index contributed by atoms with van der Waals surface area (Å²) in [7, 11) is 0. The predicted molar refractivity (Wildman–Crippen MR) is 58.6 cm³/mol. The van der Waals surface area contributed by atoms with Crippen LogP contribution in [0.1, 0.15) is 12.5 Å². The maximum absolute atomic E-state index is 5.70. The molecule has 0 saturated heterocycles. The quantitative estimate of drug-likeness (QED) is 0.830. The lowest BCUT2D eigenvalue weighted by Crippen LogP contribution is -2.17. The number of nitrogens with zero attached hydrogens (tertiary/aromatic N) is 1.